The lowest BCUT2D eigenvalue weighted by Gasteiger charge is -1.94. The summed E-state index contributed by atoms with van der Waals surface area (Å²) in [4.78, 5) is 4.07. The van der Waals surface area contributed by atoms with Crippen LogP contribution in [0.4, 0.5) is 0 Å². The molecule has 1 aliphatic carbocycles. The predicted molar refractivity (Wildman–Crippen MR) is 38.9 cm³/mol. The number of nitrogens with zero attached hydrogens (tertiary/aromatic N) is 2. The van der Waals surface area contributed by atoms with E-state index in [1.165, 1.54) is 12.8 Å². The Kier molecular flexibility index (Phi) is 1.62. The molecule has 1 aromatic heterocycles. The van der Waals surface area contributed by atoms with Crippen LogP contribution in [0.1, 0.15) is 24.6 Å². The second kappa shape index (κ2) is 2.62. The molecular formula is C7H11N3O. The zero-order valence-corrected chi connectivity index (χ0v) is 6.50. The lowest BCUT2D eigenvalue weighted by Crippen LogP contribution is -2.16. The van der Waals surface area contributed by atoms with Crippen LogP contribution in [0.3, 0.4) is 0 Å². The van der Waals surface area contributed by atoms with E-state index in [0.717, 1.165) is 12.4 Å². The lowest BCUT2D eigenvalue weighted by atomic mass is 10.5. The molecule has 1 fully saturated rings. The molecule has 60 valence electrons. The fourth-order valence-corrected chi connectivity index (χ4v) is 0.936. The van der Waals surface area contributed by atoms with Gasteiger partial charge in [0.15, 0.2) is 5.82 Å². The van der Waals surface area contributed by atoms with Gasteiger partial charge in [-0.3, -0.25) is 0 Å². The van der Waals surface area contributed by atoms with Crippen LogP contribution in [-0.4, -0.2) is 16.2 Å². The van der Waals surface area contributed by atoms with Crippen molar-refractivity contribution < 1.29 is 4.52 Å². The van der Waals surface area contributed by atoms with Crippen molar-refractivity contribution in [1.82, 2.24) is 15.5 Å². The molecule has 0 unspecified atom stereocenters. The average molecular weight is 153 g/mol. The Balaban J connectivity index is 1.85. The molecule has 0 atom stereocenters. The van der Waals surface area contributed by atoms with Gasteiger partial charge in [0.1, 0.15) is 0 Å². The number of rotatable bonds is 3. The van der Waals surface area contributed by atoms with Crippen molar-refractivity contribution in [2.75, 3.05) is 0 Å². The largest absolute Gasteiger partial charge is 0.340 e. The molecule has 0 aromatic carbocycles. The van der Waals surface area contributed by atoms with E-state index in [2.05, 4.69) is 15.5 Å². The number of hydrogen-bond donors (Lipinski definition) is 1. The van der Waals surface area contributed by atoms with E-state index < -0.39 is 0 Å². The van der Waals surface area contributed by atoms with Crippen LogP contribution in [0.5, 0.6) is 0 Å². The number of nitrogens with one attached hydrogen (secondary N) is 1. The molecule has 0 aliphatic heterocycles. The van der Waals surface area contributed by atoms with Crippen LogP contribution in [0.15, 0.2) is 4.52 Å². The van der Waals surface area contributed by atoms with Crippen LogP contribution < -0.4 is 5.32 Å². The van der Waals surface area contributed by atoms with Crippen molar-refractivity contribution >= 4 is 0 Å². The van der Waals surface area contributed by atoms with E-state index in [9.17, 15) is 0 Å². The molecular weight excluding hydrogens is 142 g/mol. The minimum Gasteiger partial charge on any atom is -0.340 e. The summed E-state index contributed by atoms with van der Waals surface area (Å²) < 4.78 is 4.82. The zero-order valence-electron chi connectivity index (χ0n) is 6.50. The lowest BCUT2D eigenvalue weighted by molar-refractivity contribution is 0.385. The highest BCUT2D eigenvalue weighted by Crippen LogP contribution is 2.18. The zero-order chi connectivity index (χ0) is 7.68. The highest BCUT2D eigenvalue weighted by molar-refractivity contribution is 4.87. The van der Waals surface area contributed by atoms with E-state index >= 15 is 0 Å². The maximum Gasteiger partial charge on any atom is 0.223 e. The number of aromatic nitrogens is 2. The summed E-state index contributed by atoms with van der Waals surface area (Å²) in [5.41, 5.74) is 0. The normalized spacial score (nSPS) is 17.2. The van der Waals surface area contributed by atoms with Crippen molar-refractivity contribution in [3.05, 3.63) is 11.7 Å². The third-order valence-electron chi connectivity index (χ3n) is 1.70. The minimum absolute atomic E-state index is 0.637. The van der Waals surface area contributed by atoms with Gasteiger partial charge >= 0.3 is 0 Å². The Morgan fingerprint density at radius 3 is 3.00 bits per heavy atom. The van der Waals surface area contributed by atoms with Gasteiger partial charge in [-0.15, -0.1) is 0 Å². The molecule has 4 heteroatoms. The molecule has 2 rings (SSSR count). The minimum atomic E-state index is 0.637. The first kappa shape index (κ1) is 6.79. The summed E-state index contributed by atoms with van der Waals surface area (Å²) in [6.07, 6.45) is 2.58. The third kappa shape index (κ3) is 1.77. The van der Waals surface area contributed by atoms with Crippen LogP contribution in [0, 0.1) is 6.92 Å². The molecule has 1 heterocycles. The van der Waals surface area contributed by atoms with E-state index in [-0.39, 0.29) is 0 Å². The van der Waals surface area contributed by atoms with Gasteiger partial charge < -0.3 is 9.84 Å². The van der Waals surface area contributed by atoms with Crippen molar-refractivity contribution in [1.29, 1.82) is 0 Å². The van der Waals surface area contributed by atoms with Gasteiger partial charge in [0, 0.05) is 13.0 Å². The molecule has 0 bridgehead atoms. The molecule has 11 heavy (non-hydrogen) atoms. The monoisotopic (exact) mass is 153 g/mol. The SMILES string of the molecule is Cc1nc(CNC2CC2)no1. The van der Waals surface area contributed by atoms with Gasteiger partial charge in [-0.2, -0.15) is 4.98 Å². The van der Waals surface area contributed by atoms with Crippen molar-refractivity contribution in [2.45, 2.75) is 32.4 Å². The van der Waals surface area contributed by atoms with Crippen LogP contribution in [-0.2, 0) is 6.54 Å². The third-order valence-corrected chi connectivity index (χ3v) is 1.70. The molecule has 1 aromatic rings. The van der Waals surface area contributed by atoms with Crippen molar-refractivity contribution in [2.24, 2.45) is 0 Å². The fourth-order valence-electron chi connectivity index (χ4n) is 0.936. The Bertz CT molecular complexity index is 242. The van der Waals surface area contributed by atoms with E-state index in [1.807, 2.05) is 0 Å². The highest BCUT2D eigenvalue weighted by atomic mass is 16.5. The maximum absolute atomic E-state index is 4.82. The Hall–Kier alpha value is -0.900. The van der Waals surface area contributed by atoms with Gasteiger partial charge in [-0.25, -0.2) is 0 Å². The van der Waals surface area contributed by atoms with Crippen LogP contribution >= 0.6 is 0 Å². The molecule has 0 saturated heterocycles. The topological polar surface area (TPSA) is 51.0 Å². The first-order chi connectivity index (χ1) is 5.34. The van der Waals surface area contributed by atoms with Gasteiger partial charge in [0.2, 0.25) is 5.89 Å². The first-order valence-electron chi connectivity index (χ1n) is 3.87. The molecule has 1 aliphatic rings. The smallest absolute Gasteiger partial charge is 0.223 e. The Labute approximate surface area is 65.0 Å². The molecule has 1 N–H and O–H groups in total. The summed E-state index contributed by atoms with van der Waals surface area (Å²) in [7, 11) is 0. The first-order valence-corrected chi connectivity index (χ1v) is 3.87. The van der Waals surface area contributed by atoms with E-state index in [1.54, 1.807) is 6.92 Å². The molecule has 0 spiro atoms. The van der Waals surface area contributed by atoms with Crippen molar-refractivity contribution in [3.8, 4) is 0 Å². The molecule has 4 nitrogen and oxygen atoms in total. The van der Waals surface area contributed by atoms with Crippen LogP contribution in [0.2, 0.25) is 0 Å². The highest BCUT2D eigenvalue weighted by Gasteiger charge is 2.20. The van der Waals surface area contributed by atoms with Gasteiger partial charge in [0.05, 0.1) is 6.54 Å². The van der Waals surface area contributed by atoms with E-state index in [4.69, 9.17) is 4.52 Å². The maximum atomic E-state index is 4.82. The quantitative estimate of drug-likeness (QED) is 0.692. The van der Waals surface area contributed by atoms with Crippen molar-refractivity contribution in [3.63, 3.8) is 0 Å². The van der Waals surface area contributed by atoms with Crippen LogP contribution in [0.25, 0.3) is 0 Å². The predicted octanol–water partition coefficient (Wildman–Crippen LogP) is 0.630. The van der Waals surface area contributed by atoms with Gasteiger partial charge in [0.25, 0.3) is 0 Å². The number of aryl methyl sites for hydroxylation is 1. The standard InChI is InChI=1S/C7H11N3O/c1-5-9-7(10-11-5)4-8-6-2-3-6/h6,8H,2-4H2,1H3. The summed E-state index contributed by atoms with van der Waals surface area (Å²) in [6, 6.07) is 0.703. The van der Waals surface area contributed by atoms with E-state index in [0.29, 0.717) is 11.9 Å². The van der Waals surface area contributed by atoms with Gasteiger partial charge in [-0.05, 0) is 12.8 Å². The molecule has 0 amide bonds. The molecule has 0 radical (unpaired) electrons. The summed E-state index contributed by atoms with van der Waals surface area (Å²) in [5.74, 6) is 1.40. The second-order valence-corrected chi connectivity index (χ2v) is 2.88. The summed E-state index contributed by atoms with van der Waals surface area (Å²) >= 11 is 0. The number of hydrogen-bond acceptors (Lipinski definition) is 4. The Morgan fingerprint density at radius 1 is 1.64 bits per heavy atom. The summed E-state index contributed by atoms with van der Waals surface area (Å²) in [5, 5.41) is 7.07. The fraction of sp³-hybridized carbons (Fsp3) is 0.714. The molecule has 1 saturated carbocycles. The summed E-state index contributed by atoms with van der Waals surface area (Å²) in [6.45, 7) is 2.54. The average Bonchev–Trinajstić information content (AvgIpc) is 2.72. The van der Waals surface area contributed by atoms with Gasteiger partial charge in [-0.1, -0.05) is 5.16 Å². The second-order valence-electron chi connectivity index (χ2n) is 2.88. The Morgan fingerprint density at radius 2 is 2.45 bits per heavy atom.